The highest BCUT2D eigenvalue weighted by atomic mass is 16.5. The summed E-state index contributed by atoms with van der Waals surface area (Å²) in [6, 6.07) is 1.75. The van der Waals surface area contributed by atoms with Crippen LogP contribution in [-0.4, -0.2) is 62.4 Å². The van der Waals surface area contributed by atoms with Gasteiger partial charge in [0, 0.05) is 24.7 Å². The van der Waals surface area contributed by atoms with Crippen molar-refractivity contribution in [2.75, 3.05) is 19.7 Å². The Morgan fingerprint density at radius 3 is 2.92 bits per heavy atom. The first-order chi connectivity index (χ1) is 11.5. The fraction of sp³-hybridized carbons (Fsp3) is 0.500. The number of aliphatic carboxylic acids is 1. The molecule has 0 aromatic carbocycles. The molecule has 1 atom stereocenters. The van der Waals surface area contributed by atoms with Crippen molar-refractivity contribution >= 4 is 22.9 Å². The highest BCUT2D eigenvalue weighted by molar-refractivity contribution is 5.97. The Labute approximate surface area is 139 Å². The average Bonchev–Trinajstić information content (AvgIpc) is 2.95. The first-order valence-corrected chi connectivity index (χ1v) is 7.91. The Balaban J connectivity index is 1.81. The minimum atomic E-state index is -1.06. The molecule has 8 heteroatoms. The molecule has 0 bridgehead atoms. The molecule has 1 aliphatic heterocycles. The molecule has 0 spiro atoms. The third-order valence-corrected chi connectivity index (χ3v) is 3.89. The van der Waals surface area contributed by atoms with Crippen LogP contribution in [0.4, 0.5) is 0 Å². The number of morpholine rings is 1. The number of rotatable bonds is 4. The molecule has 128 valence electrons. The predicted molar refractivity (Wildman–Crippen MR) is 85.6 cm³/mol. The number of ether oxygens (including phenoxy) is 1. The SMILES string of the molecule is CC(C)Cn1ncc2cc(C(=O)N3CCOC(C(=O)O)C3)cnc21. The van der Waals surface area contributed by atoms with Crippen LogP contribution in [-0.2, 0) is 16.1 Å². The van der Waals surface area contributed by atoms with E-state index in [4.69, 9.17) is 9.84 Å². The van der Waals surface area contributed by atoms with Gasteiger partial charge in [0.1, 0.15) is 0 Å². The van der Waals surface area contributed by atoms with Crippen LogP contribution in [0.3, 0.4) is 0 Å². The molecule has 1 aliphatic rings. The zero-order chi connectivity index (χ0) is 17.3. The maximum atomic E-state index is 12.6. The van der Waals surface area contributed by atoms with Crippen LogP contribution in [0.1, 0.15) is 24.2 Å². The number of carbonyl (C=O) groups is 2. The van der Waals surface area contributed by atoms with Crippen LogP contribution >= 0.6 is 0 Å². The van der Waals surface area contributed by atoms with E-state index in [0.29, 0.717) is 18.0 Å². The maximum Gasteiger partial charge on any atom is 0.334 e. The van der Waals surface area contributed by atoms with Gasteiger partial charge in [0.25, 0.3) is 5.91 Å². The maximum absolute atomic E-state index is 12.6. The largest absolute Gasteiger partial charge is 0.479 e. The van der Waals surface area contributed by atoms with Gasteiger partial charge in [-0.1, -0.05) is 13.8 Å². The minimum Gasteiger partial charge on any atom is -0.479 e. The standard InChI is InChI=1S/C16H20N4O4/c1-10(2)8-20-14-11(7-18-20)5-12(6-17-14)15(21)19-3-4-24-13(9-19)16(22)23/h5-7,10,13H,3-4,8-9H2,1-2H3,(H,22,23). The van der Waals surface area contributed by atoms with Crippen LogP contribution < -0.4 is 0 Å². The van der Waals surface area contributed by atoms with Gasteiger partial charge in [-0.3, -0.25) is 4.79 Å². The number of carboxylic acid groups (broad SMARTS) is 1. The number of pyridine rings is 1. The average molecular weight is 332 g/mol. The lowest BCUT2D eigenvalue weighted by molar-refractivity contribution is -0.154. The molecule has 1 saturated heterocycles. The third kappa shape index (κ3) is 3.23. The summed E-state index contributed by atoms with van der Waals surface area (Å²) in [4.78, 5) is 29.5. The smallest absolute Gasteiger partial charge is 0.334 e. The van der Waals surface area contributed by atoms with Gasteiger partial charge in [0.15, 0.2) is 11.8 Å². The minimum absolute atomic E-state index is 0.0405. The molecule has 3 rings (SSSR count). The van der Waals surface area contributed by atoms with E-state index in [9.17, 15) is 9.59 Å². The predicted octanol–water partition coefficient (Wildman–Crippen LogP) is 1.01. The van der Waals surface area contributed by atoms with E-state index in [2.05, 4.69) is 23.9 Å². The molecule has 1 amide bonds. The Morgan fingerprint density at radius 1 is 1.42 bits per heavy atom. The molecule has 2 aromatic rings. The molecular weight excluding hydrogens is 312 g/mol. The zero-order valence-electron chi connectivity index (χ0n) is 13.7. The van der Waals surface area contributed by atoms with Gasteiger partial charge >= 0.3 is 5.97 Å². The molecule has 1 unspecified atom stereocenters. The Kier molecular flexibility index (Phi) is 4.48. The molecule has 2 aromatic heterocycles. The lowest BCUT2D eigenvalue weighted by atomic mass is 10.2. The van der Waals surface area contributed by atoms with E-state index in [1.54, 1.807) is 12.3 Å². The molecule has 1 fully saturated rings. The van der Waals surface area contributed by atoms with Crippen LogP contribution in [0.25, 0.3) is 11.0 Å². The highest BCUT2D eigenvalue weighted by Gasteiger charge is 2.29. The van der Waals surface area contributed by atoms with Crippen molar-refractivity contribution < 1.29 is 19.4 Å². The summed E-state index contributed by atoms with van der Waals surface area (Å²) in [6.45, 7) is 5.58. The second-order valence-corrected chi connectivity index (χ2v) is 6.31. The van der Waals surface area contributed by atoms with Gasteiger partial charge in [-0.2, -0.15) is 5.10 Å². The van der Waals surface area contributed by atoms with Crippen LogP contribution in [0.2, 0.25) is 0 Å². The number of fused-ring (bicyclic) bond motifs is 1. The molecule has 0 aliphatic carbocycles. The number of aromatic nitrogens is 3. The quantitative estimate of drug-likeness (QED) is 0.897. The Morgan fingerprint density at radius 2 is 2.21 bits per heavy atom. The van der Waals surface area contributed by atoms with E-state index in [1.807, 2.05) is 4.68 Å². The molecule has 1 N–H and O–H groups in total. The lowest BCUT2D eigenvalue weighted by Crippen LogP contribution is -2.48. The van der Waals surface area contributed by atoms with E-state index in [0.717, 1.165) is 17.6 Å². The number of carbonyl (C=O) groups excluding carboxylic acids is 1. The summed E-state index contributed by atoms with van der Waals surface area (Å²) >= 11 is 0. The van der Waals surface area contributed by atoms with Crippen molar-refractivity contribution in [3.8, 4) is 0 Å². The third-order valence-electron chi connectivity index (χ3n) is 3.89. The second kappa shape index (κ2) is 6.56. The topological polar surface area (TPSA) is 97.6 Å². The van der Waals surface area contributed by atoms with Gasteiger partial charge in [-0.05, 0) is 12.0 Å². The van der Waals surface area contributed by atoms with Crippen LogP contribution in [0.5, 0.6) is 0 Å². The van der Waals surface area contributed by atoms with Gasteiger partial charge in [-0.15, -0.1) is 0 Å². The summed E-state index contributed by atoms with van der Waals surface area (Å²) in [6.07, 6.45) is 2.24. The van der Waals surface area contributed by atoms with Crippen LogP contribution in [0.15, 0.2) is 18.5 Å². The van der Waals surface area contributed by atoms with E-state index >= 15 is 0 Å². The number of nitrogens with zero attached hydrogens (tertiary/aromatic N) is 4. The van der Waals surface area contributed by atoms with Crippen molar-refractivity contribution in [1.29, 1.82) is 0 Å². The molecule has 0 radical (unpaired) electrons. The van der Waals surface area contributed by atoms with Gasteiger partial charge in [0.05, 0.1) is 24.9 Å². The van der Waals surface area contributed by atoms with Gasteiger partial charge < -0.3 is 14.7 Å². The fourth-order valence-electron chi connectivity index (χ4n) is 2.73. The van der Waals surface area contributed by atoms with Crippen molar-refractivity contribution in [3.05, 3.63) is 24.0 Å². The summed E-state index contributed by atoms with van der Waals surface area (Å²) in [7, 11) is 0. The van der Waals surface area contributed by atoms with Gasteiger partial charge in [-0.25, -0.2) is 14.5 Å². The number of hydrogen-bond donors (Lipinski definition) is 1. The first kappa shape index (κ1) is 16.4. The Hall–Kier alpha value is -2.48. The molecular formula is C16H20N4O4. The molecule has 0 saturated carbocycles. The van der Waals surface area contributed by atoms with Crippen molar-refractivity contribution in [3.63, 3.8) is 0 Å². The van der Waals surface area contributed by atoms with Crippen LogP contribution in [0, 0.1) is 5.92 Å². The number of hydrogen-bond acceptors (Lipinski definition) is 5. The monoisotopic (exact) mass is 332 g/mol. The number of carboxylic acids is 1. The van der Waals surface area contributed by atoms with E-state index < -0.39 is 12.1 Å². The van der Waals surface area contributed by atoms with Crippen molar-refractivity contribution in [1.82, 2.24) is 19.7 Å². The normalized spacial score (nSPS) is 18.3. The summed E-state index contributed by atoms with van der Waals surface area (Å²) in [5.74, 6) is -0.857. The second-order valence-electron chi connectivity index (χ2n) is 6.31. The summed E-state index contributed by atoms with van der Waals surface area (Å²) in [5.41, 5.74) is 1.17. The highest BCUT2D eigenvalue weighted by Crippen LogP contribution is 2.17. The molecule has 24 heavy (non-hydrogen) atoms. The molecule has 3 heterocycles. The zero-order valence-corrected chi connectivity index (χ0v) is 13.7. The Bertz CT molecular complexity index is 771. The summed E-state index contributed by atoms with van der Waals surface area (Å²) in [5, 5.41) is 14.1. The van der Waals surface area contributed by atoms with Crippen molar-refractivity contribution in [2.24, 2.45) is 5.92 Å². The van der Waals surface area contributed by atoms with E-state index in [-0.39, 0.29) is 19.1 Å². The van der Waals surface area contributed by atoms with E-state index in [1.165, 1.54) is 11.1 Å². The fourth-order valence-corrected chi connectivity index (χ4v) is 2.73. The van der Waals surface area contributed by atoms with Gasteiger partial charge in [0.2, 0.25) is 0 Å². The molecule has 8 nitrogen and oxygen atoms in total. The summed E-state index contributed by atoms with van der Waals surface area (Å²) < 4.78 is 6.97. The first-order valence-electron chi connectivity index (χ1n) is 7.91. The van der Waals surface area contributed by atoms with Crippen molar-refractivity contribution in [2.45, 2.75) is 26.5 Å². The number of amides is 1. The lowest BCUT2D eigenvalue weighted by Gasteiger charge is -2.30.